The second-order valence-electron chi connectivity index (χ2n) is 8.20. The fraction of sp³-hybridized carbons (Fsp3) is 0.115. The van der Waals surface area contributed by atoms with Crippen LogP contribution in [0.1, 0.15) is 11.1 Å². The number of aryl methyl sites for hydroxylation is 2. The Bertz CT molecular complexity index is 1520. The molecule has 0 aliphatic carbocycles. The topological polar surface area (TPSA) is 44.5 Å². The maximum atomic E-state index is 5.12. The molecule has 1 radical (unpaired) electrons. The Balaban J connectivity index is 1.74. The van der Waals surface area contributed by atoms with Crippen molar-refractivity contribution in [3.8, 4) is 11.4 Å². The summed E-state index contributed by atoms with van der Waals surface area (Å²) in [5, 5.41) is 6.13. The average molecular weight is 386 g/mol. The van der Waals surface area contributed by atoms with Crippen LogP contribution in [0.4, 0.5) is 0 Å². The van der Waals surface area contributed by atoms with Gasteiger partial charge < -0.3 is 9.97 Å². The van der Waals surface area contributed by atoms with E-state index in [4.69, 9.17) is 4.98 Å². The summed E-state index contributed by atoms with van der Waals surface area (Å²) in [6.07, 6.45) is 2.06. The van der Waals surface area contributed by atoms with E-state index in [9.17, 15) is 0 Å². The molecule has 3 nitrogen and oxygen atoms in total. The van der Waals surface area contributed by atoms with Crippen molar-refractivity contribution in [3.05, 3.63) is 71.9 Å². The predicted molar refractivity (Wildman–Crippen MR) is 129 cm³/mol. The molecule has 2 N–H and O–H groups in total. The van der Waals surface area contributed by atoms with Crippen molar-refractivity contribution in [2.75, 3.05) is 0 Å². The predicted octanol–water partition coefficient (Wildman–Crippen LogP) is 6.01. The van der Waals surface area contributed by atoms with Crippen LogP contribution in [0.3, 0.4) is 0 Å². The van der Waals surface area contributed by atoms with Crippen LogP contribution in [0.2, 0.25) is 6.82 Å². The summed E-state index contributed by atoms with van der Waals surface area (Å²) in [6.45, 7) is 6.35. The standard InChI is InChI=1S/C26H21BN3/c1-14-4-7-17-18-8-5-15(2)11-21(18)25-24(20(17)10-14)29-26(30-25)22-13-28-23-9-6-16(27-3)12-19(22)23/h4-13,28H,1-3H3,(H,29,30). The van der Waals surface area contributed by atoms with Crippen LogP contribution in [-0.4, -0.2) is 22.2 Å². The van der Waals surface area contributed by atoms with Gasteiger partial charge in [-0.3, -0.25) is 0 Å². The van der Waals surface area contributed by atoms with Crippen molar-refractivity contribution in [3.63, 3.8) is 0 Å². The summed E-state index contributed by atoms with van der Waals surface area (Å²) in [5.41, 5.74) is 8.07. The van der Waals surface area contributed by atoms with Gasteiger partial charge in [-0.05, 0) is 42.8 Å². The van der Waals surface area contributed by atoms with Crippen LogP contribution in [0.5, 0.6) is 0 Å². The van der Waals surface area contributed by atoms with Gasteiger partial charge in [0.15, 0.2) is 0 Å². The molecule has 0 fully saturated rings. The molecule has 4 aromatic carbocycles. The molecule has 0 unspecified atom stereocenters. The van der Waals surface area contributed by atoms with Crippen molar-refractivity contribution in [2.45, 2.75) is 20.7 Å². The Labute approximate surface area is 175 Å². The minimum absolute atomic E-state index is 0.904. The second kappa shape index (κ2) is 6.23. The summed E-state index contributed by atoms with van der Waals surface area (Å²) < 4.78 is 0. The fourth-order valence-electron chi connectivity index (χ4n) is 4.59. The summed E-state index contributed by atoms with van der Waals surface area (Å²) in [7, 11) is 2.13. The number of aromatic nitrogens is 3. The third-order valence-electron chi connectivity index (χ3n) is 6.16. The van der Waals surface area contributed by atoms with Gasteiger partial charge in [0.1, 0.15) is 13.1 Å². The fourth-order valence-corrected chi connectivity index (χ4v) is 4.59. The normalized spacial score (nSPS) is 11.8. The van der Waals surface area contributed by atoms with Crippen molar-refractivity contribution in [1.29, 1.82) is 0 Å². The van der Waals surface area contributed by atoms with E-state index >= 15 is 0 Å². The summed E-state index contributed by atoms with van der Waals surface area (Å²) >= 11 is 0. The SMILES string of the molecule is C[B]c1ccc2[nH]cc(-c3nc4c5cc(C)ccc5c5ccc(C)cc5c4[nH]3)c2c1. The maximum absolute atomic E-state index is 5.12. The third kappa shape index (κ3) is 2.43. The molecular weight excluding hydrogens is 365 g/mol. The molecule has 0 amide bonds. The number of hydrogen-bond acceptors (Lipinski definition) is 1. The van der Waals surface area contributed by atoms with Crippen molar-refractivity contribution in [1.82, 2.24) is 15.0 Å². The van der Waals surface area contributed by atoms with E-state index in [-0.39, 0.29) is 0 Å². The van der Waals surface area contributed by atoms with Crippen molar-refractivity contribution in [2.24, 2.45) is 0 Å². The van der Waals surface area contributed by atoms with E-state index in [0.29, 0.717) is 0 Å². The monoisotopic (exact) mass is 386 g/mol. The Morgan fingerprint density at radius 3 is 2.27 bits per heavy atom. The molecule has 0 spiro atoms. The highest BCUT2D eigenvalue weighted by Gasteiger charge is 2.16. The highest BCUT2D eigenvalue weighted by Crippen LogP contribution is 2.37. The van der Waals surface area contributed by atoms with Crippen LogP contribution < -0.4 is 5.46 Å². The van der Waals surface area contributed by atoms with E-state index in [1.807, 2.05) is 0 Å². The number of fused-ring (bicyclic) bond motifs is 7. The number of nitrogens with one attached hydrogen (secondary N) is 2. The molecule has 2 heterocycles. The molecule has 2 aromatic heterocycles. The number of benzene rings is 4. The summed E-state index contributed by atoms with van der Waals surface area (Å²) in [5.74, 6) is 0.904. The van der Waals surface area contributed by atoms with Crippen molar-refractivity contribution < 1.29 is 0 Å². The Kier molecular flexibility index (Phi) is 3.60. The van der Waals surface area contributed by atoms with Crippen molar-refractivity contribution >= 4 is 56.2 Å². The molecule has 30 heavy (non-hydrogen) atoms. The first-order chi connectivity index (χ1) is 14.6. The highest BCUT2D eigenvalue weighted by molar-refractivity contribution is 6.52. The lowest BCUT2D eigenvalue weighted by molar-refractivity contribution is 1.34. The number of rotatable bonds is 2. The lowest BCUT2D eigenvalue weighted by Gasteiger charge is -2.08. The van der Waals surface area contributed by atoms with Crippen LogP contribution in [-0.2, 0) is 0 Å². The number of imidazole rings is 1. The zero-order chi connectivity index (χ0) is 20.4. The number of hydrogen-bond donors (Lipinski definition) is 2. The van der Waals surface area contributed by atoms with E-state index in [2.05, 4.69) is 98.7 Å². The summed E-state index contributed by atoms with van der Waals surface area (Å²) in [6, 6.07) is 19.8. The zero-order valence-corrected chi connectivity index (χ0v) is 17.3. The van der Waals surface area contributed by atoms with E-state index in [1.165, 1.54) is 43.5 Å². The van der Waals surface area contributed by atoms with Gasteiger partial charge in [0, 0.05) is 33.4 Å². The largest absolute Gasteiger partial charge is 0.360 e. The second-order valence-corrected chi connectivity index (χ2v) is 8.20. The smallest absolute Gasteiger partial charge is 0.148 e. The van der Waals surface area contributed by atoms with Gasteiger partial charge in [-0.15, -0.1) is 0 Å². The minimum Gasteiger partial charge on any atom is -0.360 e. The van der Waals surface area contributed by atoms with Gasteiger partial charge in [-0.2, -0.15) is 0 Å². The highest BCUT2D eigenvalue weighted by atomic mass is 14.9. The molecule has 0 atom stereocenters. The molecule has 0 saturated heterocycles. The van der Waals surface area contributed by atoms with Crippen LogP contribution >= 0.6 is 0 Å². The quantitative estimate of drug-likeness (QED) is 0.278. The molecular formula is C26H21BN3. The van der Waals surface area contributed by atoms with Gasteiger partial charge in [0.25, 0.3) is 0 Å². The number of aromatic amines is 2. The molecule has 6 aromatic rings. The van der Waals surface area contributed by atoms with Gasteiger partial charge in [0.05, 0.1) is 11.0 Å². The Hall–Kier alpha value is -3.53. The molecule has 143 valence electrons. The number of H-pyrrole nitrogens is 2. The lowest BCUT2D eigenvalue weighted by atomic mass is 9.73. The van der Waals surface area contributed by atoms with Gasteiger partial charge in [-0.1, -0.05) is 59.8 Å². The molecule has 0 saturated carbocycles. The van der Waals surface area contributed by atoms with E-state index in [0.717, 1.165) is 27.9 Å². The first kappa shape index (κ1) is 17.3. The summed E-state index contributed by atoms with van der Waals surface area (Å²) in [4.78, 5) is 12.2. The molecule has 4 heteroatoms. The van der Waals surface area contributed by atoms with Gasteiger partial charge in [-0.25, -0.2) is 4.98 Å². The van der Waals surface area contributed by atoms with Crippen LogP contribution in [0, 0.1) is 13.8 Å². The van der Waals surface area contributed by atoms with Gasteiger partial charge >= 0.3 is 0 Å². The van der Waals surface area contributed by atoms with Crippen LogP contribution in [0.15, 0.2) is 60.8 Å². The molecule has 0 bridgehead atoms. The lowest BCUT2D eigenvalue weighted by Crippen LogP contribution is -2.08. The maximum Gasteiger partial charge on any atom is 0.148 e. The third-order valence-corrected chi connectivity index (χ3v) is 6.16. The average Bonchev–Trinajstić information content (AvgIpc) is 3.37. The molecule has 0 aliphatic heterocycles. The number of nitrogens with zero attached hydrogens (tertiary/aromatic N) is 1. The van der Waals surface area contributed by atoms with E-state index in [1.54, 1.807) is 0 Å². The molecule has 6 rings (SSSR count). The Morgan fingerprint density at radius 2 is 1.50 bits per heavy atom. The minimum atomic E-state index is 0.904. The first-order valence-electron chi connectivity index (χ1n) is 10.4. The zero-order valence-electron chi connectivity index (χ0n) is 17.3. The molecule has 0 aliphatic rings. The Morgan fingerprint density at radius 1 is 0.767 bits per heavy atom. The first-order valence-corrected chi connectivity index (χ1v) is 10.4. The van der Waals surface area contributed by atoms with Gasteiger partial charge in [0.2, 0.25) is 0 Å². The van der Waals surface area contributed by atoms with Crippen LogP contribution in [0.25, 0.3) is 54.9 Å². The van der Waals surface area contributed by atoms with E-state index < -0.39 is 0 Å².